The van der Waals surface area contributed by atoms with Crippen LogP contribution in [0.25, 0.3) is 0 Å². The van der Waals surface area contributed by atoms with Crippen molar-refractivity contribution in [1.29, 1.82) is 4.78 Å². The monoisotopic (exact) mass is 469 g/mol. The van der Waals surface area contributed by atoms with Gasteiger partial charge in [-0.2, -0.15) is 11.8 Å². The predicted molar refractivity (Wildman–Crippen MR) is 128 cm³/mol. The second kappa shape index (κ2) is 18.7. The molecule has 0 unspecified atom stereocenters. The van der Waals surface area contributed by atoms with Crippen LogP contribution in [-0.2, 0) is 32.6 Å². The first kappa shape index (κ1) is 29.0. The third-order valence-corrected chi connectivity index (χ3v) is 5.68. The predicted octanol–water partition coefficient (Wildman–Crippen LogP) is 3.95. The van der Waals surface area contributed by atoms with Crippen molar-refractivity contribution in [2.45, 2.75) is 51.7 Å². The zero-order chi connectivity index (χ0) is 23.5. The number of aliphatic carboxylic acids is 1. The lowest BCUT2D eigenvalue weighted by Crippen LogP contribution is -2.41. The standard InChI is InChI=1S/C22H34N2O4S.HNS/c1-3-21(26)24(16-17-29-18-20-10-6-4-7-11-20)15-14-23(19(2)25)13-9-5-8-12-22(27)28;1-2/h4,6-7,10-11H,3,5,8-9,12-18H2,1-2H3,(H,27,28);1H. The van der Waals surface area contributed by atoms with Gasteiger partial charge in [0.25, 0.3) is 0 Å². The lowest BCUT2D eigenvalue weighted by atomic mass is 10.2. The number of rotatable bonds is 15. The smallest absolute Gasteiger partial charge is 0.303 e. The Labute approximate surface area is 195 Å². The highest BCUT2D eigenvalue weighted by Gasteiger charge is 2.15. The molecule has 0 aliphatic carbocycles. The van der Waals surface area contributed by atoms with Gasteiger partial charge in [-0.05, 0) is 18.4 Å². The van der Waals surface area contributed by atoms with Gasteiger partial charge in [0.15, 0.2) is 0 Å². The summed E-state index contributed by atoms with van der Waals surface area (Å²) in [4.78, 5) is 38.4. The molecule has 0 spiro atoms. The zero-order valence-corrected chi connectivity index (χ0v) is 20.2. The minimum Gasteiger partial charge on any atom is -0.481 e. The Balaban J connectivity index is 0.00000436. The Kier molecular flexibility index (Phi) is 17.5. The van der Waals surface area contributed by atoms with E-state index < -0.39 is 5.97 Å². The summed E-state index contributed by atoms with van der Waals surface area (Å²) in [7, 11) is 0. The molecule has 174 valence electrons. The van der Waals surface area contributed by atoms with E-state index in [1.165, 1.54) is 5.56 Å². The first-order chi connectivity index (χ1) is 14.9. The number of amides is 2. The Morgan fingerprint density at radius 3 is 2.19 bits per heavy atom. The van der Waals surface area contributed by atoms with Crippen molar-refractivity contribution in [3.05, 3.63) is 35.9 Å². The number of carboxylic acids is 1. The van der Waals surface area contributed by atoms with Gasteiger partial charge in [0, 0.05) is 69.9 Å². The first-order valence-corrected chi connectivity index (χ1v) is 12.1. The van der Waals surface area contributed by atoms with Crippen molar-refractivity contribution < 1.29 is 19.5 Å². The summed E-state index contributed by atoms with van der Waals surface area (Å²) in [6.45, 7) is 5.73. The van der Waals surface area contributed by atoms with E-state index in [-0.39, 0.29) is 18.2 Å². The fraction of sp³-hybridized carbons (Fsp3) is 0.591. The molecule has 0 aliphatic heterocycles. The summed E-state index contributed by atoms with van der Waals surface area (Å²) >= 11 is 5.14. The number of carbonyl (C=O) groups excluding carboxylic acids is 2. The molecule has 7 nitrogen and oxygen atoms in total. The van der Waals surface area contributed by atoms with Crippen LogP contribution in [0.15, 0.2) is 30.3 Å². The molecule has 0 radical (unpaired) electrons. The van der Waals surface area contributed by atoms with Gasteiger partial charge in [0.2, 0.25) is 11.8 Å². The Hall–Kier alpha value is -2.00. The van der Waals surface area contributed by atoms with Gasteiger partial charge in [-0.1, -0.05) is 43.7 Å². The van der Waals surface area contributed by atoms with E-state index in [2.05, 4.69) is 24.6 Å². The molecule has 0 saturated heterocycles. The number of nitrogens with one attached hydrogen (secondary N) is 1. The van der Waals surface area contributed by atoms with Crippen molar-refractivity contribution in [3.63, 3.8) is 0 Å². The van der Waals surface area contributed by atoms with Crippen LogP contribution in [0.5, 0.6) is 0 Å². The molecule has 31 heavy (non-hydrogen) atoms. The first-order valence-electron chi connectivity index (χ1n) is 10.5. The van der Waals surface area contributed by atoms with Gasteiger partial charge in [0.1, 0.15) is 0 Å². The molecule has 0 atom stereocenters. The molecule has 1 aromatic carbocycles. The molecular formula is C22H35N3O4S2. The number of carboxylic acid groups (broad SMARTS) is 1. The van der Waals surface area contributed by atoms with E-state index in [0.29, 0.717) is 39.0 Å². The van der Waals surface area contributed by atoms with E-state index in [9.17, 15) is 14.4 Å². The van der Waals surface area contributed by atoms with Crippen LogP contribution in [0.3, 0.4) is 0 Å². The quantitative estimate of drug-likeness (QED) is 0.377. The number of unbranched alkanes of at least 4 members (excludes halogenated alkanes) is 2. The van der Waals surface area contributed by atoms with E-state index in [4.69, 9.17) is 9.89 Å². The average molecular weight is 470 g/mol. The molecule has 0 fully saturated rings. The number of hydrogen-bond acceptors (Lipinski definition) is 6. The molecule has 9 heteroatoms. The van der Waals surface area contributed by atoms with Crippen LogP contribution in [-0.4, -0.2) is 64.6 Å². The highest BCUT2D eigenvalue weighted by atomic mass is 32.2. The molecule has 1 aromatic rings. The van der Waals surface area contributed by atoms with Crippen LogP contribution in [0.4, 0.5) is 0 Å². The lowest BCUT2D eigenvalue weighted by molar-refractivity contribution is -0.137. The normalized spacial score (nSPS) is 10.0. The third-order valence-electron chi connectivity index (χ3n) is 4.68. The van der Waals surface area contributed by atoms with Crippen LogP contribution < -0.4 is 0 Å². The molecule has 2 N–H and O–H groups in total. The Morgan fingerprint density at radius 1 is 0.968 bits per heavy atom. The van der Waals surface area contributed by atoms with Crippen molar-refractivity contribution in [2.24, 2.45) is 0 Å². The SMILES string of the molecule is CCC(=O)N(CCSCc1ccccc1)CCN(CCCCCC(=O)O)C(C)=O.N=S. The van der Waals surface area contributed by atoms with Gasteiger partial charge < -0.3 is 14.9 Å². The molecule has 0 aliphatic rings. The summed E-state index contributed by atoms with van der Waals surface area (Å²) in [5.41, 5.74) is 1.27. The maximum atomic E-state index is 12.3. The number of benzene rings is 1. The van der Waals surface area contributed by atoms with Crippen LogP contribution in [0, 0.1) is 4.78 Å². The second-order valence-corrected chi connectivity index (χ2v) is 8.09. The topological polar surface area (TPSA) is 102 Å². The number of carbonyl (C=O) groups is 3. The molecule has 2 amide bonds. The van der Waals surface area contributed by atoms with Crippen LogP contribution in [0.2, 0.25) is 0 Å². The molecule has 0 saturated carbocycles. The summed E-state index contributed by atoms with van der Waals surface area (Å²) in [6, 6.07) is 10.3. The summed E-state index contributed by atoms with van der Waals surface area (Å²) < 4.78 is 5.33. The molecule has 0 heterocycles. The maximum Gasteiger partial charge on any atom is 0.303 e. The molecular weight excluding hydrogens is 434 g/mol. The molecule has 1 rings (SSSR count). The largest absolute Gasteiger partial charge is 0.481 e. The van der Waals surface area contributed by atoms with Crippen LogP contribution >= 0.6 is 11.8 Å². The third kappa shape index (κ3) is 14.6. The number of nitrogens with zero attached hydrogens (tertiary/aromatic N) is 2. The van der Waals surface area contributed by atoms with Crippen molar-refractivity contribution in [1.82, 2.24) is 9.80 Å². The van der Waals surface area contributed by atoms with Gasteiger partial charge in [-0.3, -0.25) is 14.4 Å². The minimum atomic E-state index is -0.785. The van der Waals surface area contributed by atoms with Crippen molar-refractivity contribution in [3.8, 4) is 0 Å². The van der Waals surface area contributed by atoms with E-state index >= 15 is 0 Å². The van der Waals surface area contributed by atoms with E-state index in [1.54, 1.807) is 23.6 Å². The Morgan fingerprint density at radius 2 is 1.61 bits per heavy atom. The highest BCUT2D eigenvalue weighted by Crippen LogP contribution is 2.12. The summed E-state index contributed by atoms with van der Waals surface area (Å²) in [5.74, 6) is 1.09. The molecule has 0 aromatic heterocycles. The van der Waals surface area contributed by atoms with Gasteiger partial charge in [-0.15, -0.1) is 0 Å². The van der Waals surface area contributed by atoms with Gasteiger partial charge >= 0.3 is 5.97 Å². The zero-order valence-electron chi connectivity index (χ0n) is 18.5. The highest BCUT2D eigenvalue weighted by molar-refractivity contribution is 7.98. The molecule has 0 bridgehead atoms. The number of thioether (sulfide) groups is 1. The fourth-order valence-electron chi connectivity index (χ4n) is 2.95. The van der Waals surface area contributed by atoms with Gasteiger partial charge in [0.05, 0.1) is 0 Å². The summed E-state index contributed by atoms with van der Waals surface area (Å²) in [6.07, 6.45) is 2.81. The summed E-state index contributed by atoms with van der Waals surface area (Å²) in [5, 5.41) is 8.68. The number of hydrogen-bond donors (Lipinski definition) is 2. The lowest BCUT2D eigenvalue weighted by Gasteiger charge is -2.27. The van der Waals surface area contributed by atoms with Crippen LogP contribution in [0.1, 0.15) is 51.5 Å². The fourth-order valence-corrected chi connectivity index (χ4v) is 3.87. The second-order valence-electron chi connectivity index (χ2n) is 6.98. The Bertz CT molecular complexity index is 647. The van der Waals surface area contributed by atoms with Gasteiger partial charge in [-0.25, -0.2) is 4.78 Å². The van der Waals surface area contributed by atoms with E-state index in [1.807, 2.05) is 30.0 Å². The average Bonchev–Trinajstić information content (AvgIpc) is 2.77. The maximum absolute atomic E-state index is 12.3. The minimum absolute atomic E-state index is 0.00872. The van der Waals surface area contributed by atoms with Crippen molar-refractivity contribution in [2.75, 3.05) is 31.9 Å². The van der Waals surface area contributed by atoms with E-state index in [0.717, 1.165) is 24.3 Å². The van der Waals surface area contributed by atoms with Crippen molar-refractivity contribution >= 4 is 42.0 Å².